The lowest BCUT2D eigenvalue weighted by Crippen LogP contribution is -2.19. The minimum atomic E-state index is -3.97. The van der Waals surface area contributed by atoms with E-state index in [4.69, 9.17) is 0 Å². The average Bonchev–Trinajstić information content (AvgIpc) is 2.44. The summed E-state index contributed by atoms with van der Waals surface area (Å²) in [5, 5.41) is 0. The Bertz CT molecular complexity index is 538. The summed E-state index contributed by atoms with van der Waals surface area (Å²) in [5.74, 6) is -2.76. The third kappa shape index (κ3) is 12.3. The van der Waals surface area contributed by atoms with Gasteiger partial charge in [-0.15, -0.1) is 0 Å². The van der Waals surface area contributed by atoms with E-state index >= 15 is 0 Å². The van der Waals surface area contributed by atoms with Crippen molar-refractivity contribution in [2.75, 3.05) is 11.5 Å². The van der Waals surface area contributed by atoms with Gasteiger partial charge in [0.05, 0.1) is 24.3 Å². The van der Waals surface area contributed by atoms with Crippen LogP contribution < -0.4 is 0 Å². The molecule has 0 aromatic rings. The van der Waals surface area contributed by atoms with E-state index in [1.54, 1.807) is 0 Å². The summed E-state index contributed by atoms with van der Waals surface area (Å²) in [6.45, 7) is 3.81. The SMILES string of the molecule is CCCCCS(=O)(=O)OC(=O)CCC(=O)OS(=O)(=O)CCCCC. The van der Waals surface area contributed by atoms with E-state index in [9.17, 15) is 26.4 Å². The Hall–Kier alpha value is -1.16. The third-order valence-corrected chi connectivity index (χ3v) is 5.43. The predicted molar refractivity (Wildman–Crippen MR) is 88.0 cm³/mol. The maximum absolute atomic E-state index is 11.5. The van der Waals surface area contributed by atoms with Crippen molar-refractivity contribution < 1.29 is 34.8 Å². The molecular weight excluding hydrogens is 360 g/mol. The molecule has 142 valence electrons. The van der Waals surface area contributed by atoms with Crippen LogP contribution in [0.25, 0.3) is 0 Å². The Morgan fingerprint density at radius 3 is 1.29 bits per heavy atom. The van der Waals surface area contributed by atoms with Crippen molar-refractivity contribution >= 4 is 32.2 Å². The monoisotopic (exact) mass is 386 g/mol. The van der Waals surface area contributed by atoms with Crippen molar-refractivity contribution in [2.24, 2.45) is 0 Å². The average molecular weight is 386 g/mol. The van der Waals surface area contributed by atoms with Crippen molar-refractivity contribution in [2.45, 2.75) is 65.2 Å². The van der Waals surface area contributed by atoms with Gasteiger partial charge in [0, 0.05) is 0 Å². The first-order valence-corrected chi connectivity index (χ1v) is 11.2. The minimum absolute atomic E-state index is 0.275. The Morgan fingerprint density at radius 2 is 1.00 bits per heavy atom. The molecule has 0 amide bonds. The second-order valence-corrected chi connectivity index (χ2v) is 8.73. The summed E-state index contributed by atoms with van der Waals surface area (Å²) in [7, 11) is -7.94. The molecule has 0 N–H and O–H groups in total. The molecule has 0 rings (SSSR count). The molecule has 0 spiro atoms. The number of hydrogen-bond acceptors (Lipinski definition) is 8. The van der Waals surface area contributed by atoms with E-state index in [0.717, 1.165) is 12.8 Å². The number of hydrogen-bond donors (Lipinski definition) is 0. The second kappa shape index (κ2) is 11.4. The molecule has 0 aliphatic heterocycles. The molecule has 0 bridgehead atoms. The van der Waals surface area contributed by atoms with Crippen LogP contribution in [-0.4, -0.2) is 40.3 Å². The van der Waals surface area contributed by atoms with Gasteiger partial charge in [-0.25, -0.2) is 0 Å². The van der Waals surface area contributed by atoms with Crippen LogP contribution in [0.15, 0.2) is 0 Å². The molecular formula is C14H26O8S2. The van der Waals surface area contributed by atoms with E-state index in [-0.39, 0.29) is 11.5 Å². The molecule has 0 radical (unpaired) electrons. The molecule has 0 atom stereocenters. The summed E-state index contributed by atoms with van der Waals surface area (Å²) in [4.78, 5) is 22.8. The summed E-state index contributed by atoms with van der Waals surface area (Å²) in [6.07, 6.45) is 2.67. The molecule has 0 aliphatic rings. The van der Waals surface area contributed by atoms with Crippen LogP contribution in [0.5, 0.6) is 0 Å². The first-order chi connectivity index (χ1) is 11.1. The minimum Gasteiger partial charge on any atom is -0.346 e. The third-order valence-electron chi connectivity index (χ3n) is 2.97. The van der Waals surface area contributed by atoms with Crippen molar-refractivity contribution in [3.63, 3.8) is 0 Å². The topological polar surface area (TPSA) is 121 Å². The zero-order valence-corrected chi connectivity index (χ0v) is 15.8. The van der Waals surface area contributed by atoms with Gasteiger partial charge in [0.25, 0.3) is 0 Å². The molecule has 0 saturated heterocycles. The zero-order valence-electron chi connectivity index (χ0n) is 14.2. The zero-order chi connectivity index (χ0) is 18.6. The predicted octanol–water partition coefficient (Wildman–Crippen LogP) is 1.89. The summed E-state index contributed by atoms with van der Waals surface area (Å²) >= 11 is 0. The van der Waals surface area contributed by atoms with Crippen molar-refractivity contribution in [1.29, 1.82) is 0 Å². The second-order valence-electron chi connectivity index (χ2n) is 5.35. The normalized spacial score (nSPS) is 11.9. The highest BCUT2D eigenvalue weighted by Gasteiger charge is 2.21. The van der Waals surface area contributed by atoms with Gasteiger partial charge in [0.1, 0.15) is 0 Å². The van der Waals surface area contributed by atoms with E-state index in [0.29, 0.717) is 25.7 Å². The Labute approximate surface area is 144 Å². The van der Waals surface area contributed by atoms with Gasteiger partial charge < -0.3 is 8.37 Å². The number of rotatable bonds is 13. The molecule has 0 aromatic carbocycles. The Balaban J connectivity index is 4.19. The molecule has 24 heavy (non-hydrogen) atoms. The molecule has 0 heterocycles. The first-order valence-electron chi connectivity index (χ1n) is 8.02. The Kier molecular flexibility index (Phi) is 10.9. The molecule has 10 heteroatoms. The van der Waals surface area contributed by atoms with Gasteiger partial charge >= 0.3 is 32.2 Å². The molecule has 8 nitrogen and oxygen atoms in total. The van der Waals surface area contributed by atoms with E-state index in [1.165, 1.54) is 0 Å². The Morgan fingerprint density at radius 1 is 0.667 bits per heavy atom. The van der Waals surface area contributed by atoms with Crippen LogP contribution in [0, 0.1) is 0 Å². The van der Waals surface area contributed by atoms with Gasteiger partial charge in [0.15, 0.2) is 0 Å². The molecule has 0 saturated carbocycles. The summed E-state index contributed by atoms with van der Waals surface area (Å²) < 4.78 is 54.6. The number of carbonyl (C=O) groups excluding carboxylic acids is 2. The lowest BCUT2D eigenvalue weighted by molar-refractivity contribution is -0.140. The highest BCUT2D eigenvalue weighted by atomic mass is 32.2. The van der Waals surface area contributed by atoms with Gasteiger partial charge in [-0.3, -0.25) is 9.59 Å². The summed E-state index contributed by atoms with van der Waals surface area (Å²) in [6, 6.07) is 0. The van der Waals surface area contributed by atoms with Crippen LogP contribution in [0.2, 0.25) is 0 Å². The highest BCUT2D eigenvalue weighted by Crippen LogP contribution is 2.07. The van der Waals surface area contributed by atoms with Crippen LogP contribution in [0.1, 0.15) is 65.2 Å². The fraction of sp³-hybridized carbons (Fsp3) is 0.857. The number of unbranched alkanes of at least 4 members (excludes halogenated alkanes) is 4. The maximum Gasteiger partial charge on any atom is 0.322 e. The van der Waals surface area contributed by atoms with Crippen LogP contribution in [-0.2, 0) is 38.2 Å². The van der Waals surface area contributed by atoms with E-state index in [1.807, 2.05) is 13.8 Å². The number of carbonyl (C=O) groups is 2. The standard InChI is InChI=1S/C14H26O8S2/c1-3-5-7-11-23(17,18)21-13(15)9-10-14(16)22-24(19,20)12-8-6-4-2/h3-12H2,1-2H3. The van der Waals surface area contributed by atoms with Gasteiger partial charge in [-0.05, 0) is 12.8 Å². The molecule has 0 aromatic heterocycles. The first kappa shape index (κ1) is 22.8. The quantitative estimate of drug-likeness (QED) is 0.347. The van der Waals surface area contributed by atoms with Crippen molar-refractivity contribution in [3.05, 3.63) is 0 Å². The van der Waals surface area contributed by atoms with Crippen LogP contribution in [0.4, 0.5) is 0 Å². The van der Waals surface area contributed by atoms with Crippen molar-refractivity contribution in [3.8, 4) is 0 Å². The van der Waals surface area contributed by atoms with Crippen LogP contribution >= 0.6 is 0 Å². The van der Waals surface area contributed by atoms with Gasteiger partial charge in [0.2, 0.25) is 0 Å². The fourth-order valence-electron chi connectivity index (χ4n) is 1.71. The lowest BCUT2D eigenvalue weighted by Gasteiger charge is -2.06. The van der Waals surface area contributed by atoms with Gasteiger partial charge in [-0.2, -0.15) is 16.8 Å². The fourth-order valence-corrected chi connectivity index (χ4v) is 3.73. The molecule has 0 fully saturated rings. The molecule has 0 unspecified atom stereocenters. The van der Waals surface area contributed by atoms with Crippen molar-refractivity contribution in [1.82, 2.24) is 0 Å². The largest absolute Gasteiger partial charge is 0.346 e. The van der Waals surface area contributed by atoms with Crippen LogP contribution in [0.3, 0.4) is 0 Å². The molecule has 0 aliphatic carbocycles. The van der Waals surface area contributed by atoms with E-state index in [2.05, 4.69) is 8.37 Å². The maximum atomic E-state index is 11.5. The van der Waals surface area contributed by atoms with Gasteiger partial charge in [-0.1, -0.05) is 39.5 Å². The summed E-state index contributed by atoms with van der Waals surface area (Å²) in [5.41, 5.74) is 0. The highest BCUT2D eigenvalue weighted by molar-refractivity contribution is 7.87. The lowest BCUT2D eigenvalue weighted by atomic mass is 10.3. The van der Waals surface area contributed by atoms with E-state index < -0.39 is 45.0 Å². The smallest absolute Gasteiger partial charge is 0.322 e.